The Morgan fingerprint density at radius 2 is 1.58 bits per heavy atom. The van der Waals surface area contributed by atoms with E-state index in [2.05, 4.69) is 58.9 Å². The summed E-state index contributed by atoms with van der Waals surface area (Å²) in [4.78, 5) is 0. The maximum absolute atomic E-state index is 6.01. The van der Waals surface area contributed by atoms with Crippen LogP contribution < -0.4 is 0 Å². The lowest BCUT2D eigenvalue weighted by molar-refractivity contribution is 0.00578. The monoisotopic (exact) mass is 260 g/mol. The minimum Gasteiger partial charge on any atom is -0.403 e. The molecule has 0 atom stereocenters. The number of rotatable bonds is 4. The average molecular weight is 260 g/mol. The minimum absolute atomic E-state index is 0.0611. The first kappa shape index (κ1) is 14.6. The lowest BCUT2D eigenvalue weighted by Gasteiger charge is -2.32. The summed E-state index contributed by atoms with van der Waals surface area (Å²) in [5, 5.41) is 0. The molecule has 0 amide bonds. The van der Waals surface area contributed by atoms with Crippen LogP contribution in [0.2, 0.25) is 6.32 Å². The van der Waals surface area contributed by atoms with Crippen molar-refractivity contribution in [3.05, 3.63) is 35.4 Å². The fourth-order valence-electron chi connectivity index (χ4n) is 2.43. The predicted octanol–water partition coefficient (Wildman–Crippen LogP) is 4.02. The van der Waals surface area contributed by atoms with Gasteiger partial charge >= 0.3 is 7.12 Å². The predicted molar refractivity (Wildman–Crippen MR) is 80.4 cm³/mol. The van der Waals surface area contributed by atoms with Gasteiger partial charge in [-0.05, 0) is 58.5 Å². The molecule has 1 saturated heterocycles. The van der Waals surface area contributed by atoms with E-state index in [1.165, 1.54) is 11.1 Å². The van der Waals surface area contributed by atoms with E-state index < -0.39 is 0 Å². The van der Waals surface area contributed by atoms with Gasteiger partial charge in [0, 0.05) is 0 Å². The lowest BCUT2D eigenvalue weighted by atomic mass is 9.81. The van der Waals surface area contributed by atoms with Crippen LogP contribution in [0.5, 0.6) is 0 Å². The molecule has 2 nitrogen and oxygen atoms in total. The SMILES string of the molecule is Cc1ccccc1CCCB1OC(C)(C)C(C)(C)O1. The molecule has 0 unspecified atom stereocenters. The third kappa shape index (κ3) is 3.21. The Balaban J connectivity index is 1.84. The molecule has 1 aliphatic rings. The number of aryl methyl sites for hydroxylation is 2. The highest BCUT2D eigenvalue weighted by molar-refractivity contribution is 6.45. The highest BCUT2D eigenvalue weighted by atomic mass is 16.7. The van der Waals surface area contributed by atoms with Crippen molar-refractivity contribution in [3.63, 3.8) is 0 Å². The Hall–Kier alpha value is -0.795. The second-order valence-corrected chi connectivity index (χ2v) is 6.50. The van der Waals surface area contributed by atoms with Gasteiger partial charge in [-0.1, -0.05) is 30.7 Å². The van der Waals surface area contributed by atoms with E-state index in [9.17, 15) is 0 Å². The van der Waals surface area contributed by atoms with E-state index in [-0.39, 0.29) is 18.3 Å². The summed E-state index contributed by atoms with van der Waals surface area (Å²) in [5.74, 6) is 0. The van der Waals surface area contributed by atoms with E-state index >= 15 is 0 Å². The molecule has 2 rings (SSSR count). The molecule has 0 N–H and O–H groups in total. The van der Waals surface area contributed by atoms with Crippen LogP contribution in [-0.2, 0) is 15.7 Å². The van der Waals surface area contributed by atoms with Crippen molar-refractivity contribution in [2.75, 3.05) is 0 Å². The van der Waals surface area contributed by atoms with Gasteiger partial charge in [0.1, 0.15) is 0 Å². The first-order chi connectivity index (χ1) is 8.82. The smallest absolute Gasteiger partial charge is 0.403 e. The first-order valence-corrected chi connectivity index (χ1v) is 7.22. The van der Waals surface area contributed by atoms with Gasteiger partial charge in [0.25, 0.3) is 0 Å². The molecule has 0 radical (unpaired) electrons. The Morgan fingerprint density at radius 3 is 2.16 bits per heavy atom. The van der Waals surface area contributed by atoms with Crippen LogP contribution in [0.25, 0.3) is 0 Å². The summed E-state index contributed by atoms with van der Waals surface area (Å²) < 4.78 is 12.0. The topological polar surface area (TPSA) is 18.5 Å². The third-order valence-electron chi connectivity index (χ3n) is 4.45. The van der Waals surface area contributed by atoms with E-state index in [0.29, 0.717) is 0 Å². The molecule has 1 heterocycles. The highest BCUT2D eigenvalue weighted by Crippen LogP contribution is 2.38. The Morgan fingerprint density at radius 1 is 1.00 bits per heavy atom. The normalized spacial score (nSPS) is 20.8. The standard InChI is InChI=1S/C16H25BO2/c1-13-9-6-7-10-14(13)11-8-12-17-18-15(2,3)16(4,5)19-17/h6-7,9-10H,8,11-12H2,1-5H3. The summed E-state index contributed by atoms with van der Waals surface area (Å²) in [6.45, 7) is 10.6. The third-order valence-corrected chi connectivity index (χ3v) is 4.45. The Bertz CT molecular complexity index is 424. The van der Waals surface area contributed by atoms with Gasteiger partial charge in [0.15, 0.2) is 0 Å². The molecule has 0 bridgehead atoms. The molecule has 1 aromatic rings. The fraction of sp³-hybridized carbons (Fsp3) is 0.625. The van der Waals surface area contributed by atoms with E-state index in [0.717, 1.165) is 19.2 Å². The Labute approximate surface area is 117 Å². The van der Waals surface area contributed by atoms with Crippen molar-refractivity contribution < 1.29 is 9.31 Å². The summed E-state index contributed by atoms with van der Waals surface area (Å²) >= 11 is 0. The molecular weight excluding hydrogens is 235 g/mol. The summed E-state index contributed by atoms with van der Waals surface area (Å²) in [6, 6.07) is 8.58. The van der Waals surface area contributed by atoms with Gasteiger partial charge in [-0.15, -0.1) is 0 Å². The van der Waals surface area contributed by atoms with Gasteiger partial charge in [-0.3, -0.25) is 0 Å². The van der Waals surface area contributed by atoms with Crippen LogP contribution in [0.4, 0.5) is 0 Å². The summed E-state index contributed by atoms with van der Waals surface area (Å²) in [6.07, 6.45) is 3.15. The maximum atomic E-state index is 6.01. The van der Waals surface area contributed by atoms with Crippen LogP contribution in [0.15, 0.2) is 24.3 Å². The van der Waals surface area contributed by atoms with Crippen molar-refractivity contribution in [2.45, 2.75) is 65.0 Å². The zero-order valence-corrected chi connectivity index (χ0v) is 12.8. The van der Waals surface area contributed by atoms with E-state index in [1.807, 2.05) is 0 Å². The van der Waals surface area contributed by atoms with E-state index in [4.69, 9.17) is 9.31 Å². The van der Waals surface area contributed by atoms with Gasteiger partial charge < -0.3 is 9.31 Å². The quantitative estimate of drug-likeness (QED) is 0.761. The zero-order valence-electron chi connectivity index (χ0n) is 12.8. The number of hydrogen-bond acceptors (Lipinski definition) is 2. The average Bonchev–Trinajstić information content (AvgIpc) is 2.50. The van der Waals surface area contributed by atoms with Crippen LogP contribution in [0.3, 0.4) is 0 Å². The lowest BCUT2D eigenvalue weighted by Crippen LogP contribution is -2.41. The second kappa shape index (κ2) is 5.30. The van der Waals surface area contributed by atoms with Gasteiger partial charge in [-0.25, -0.2) is 0 Å². The van der Waals surface area contributed by atoms with Crippen molar-refractivity contribution in [2.24, 2.45) is 0 Å². The minimum atomic E-state index is -0.208. The number of hydrogen-bond donors (Lipinski definition) is 0. The molecule has 19 heavy (non-hydrogen) atoms. The first-order valence-electron chi connectivity index (χ1n) is 7.22. The molecule has 0 aliphatic carbocycles. The van der Waals surface area contributed by atoms with E-state index in [1.54, 1.807) is 0 Å². The maximum Gasteiger partial charge on any atom is 0.457 e. The molecule has 104 valence electrons. The van der Waals surface area contributed by atoms with Gasteiger partial charge in [0.2, 0.25) is 0 Å². The molecule has 0 aromatic heterocycles. The molecule has 1 fully saturated rings. The van der Waals surface area contributed by atoms with Crippen LogP contribution >= 0.6 is 0 Å². The van der Waals surface area contributed by atoms with Crippen molar-refractivity contribution >= 4 is 7.12 Å². The fourth-order valence-corrected chi connectivity index (χ4v) is 2.43. The van der Waals surface area contributed by atoms with Gasteiger partial charge in [-0.2, -0.15) is 0 Å². The largest absolute Gasteiger partial charge is 0.457 e. The molecule has 1 aromatic carbocycles. The number of benzene rings is 1. The molecule has 3 heteroatoms. The van der Waals surface area contributed by atoms with Crippen LogP contribution in [0, 0.1) is 6.92 Å². The molecular formula is C16H25BO2. The van der Waals surface area contributed by atoms with Crippen molar-refractivity contribution in [1.29, 1.82) is 0 Å². The highest BCUT2D eigenvalue weighted by Gasteiger charge is 2.50. The molecule has 0 spiro atoms. The van der Waals surface area contributed by atoms with Gasteiger partial charge in [0.05, 0.1) is 11.2 Å². The van der Waals surface area contributed by atoms with Crippen LogP contribution in [-0.4, -0.2) is 18.3 Å². The summed E-state index contributed by atoms with van der Waals surface area (Å²) in [5.41, 5.74) is 2.39. The molecule has 0 saturated carbocycles. The summed E-state index contributed by atoms with van der Waals surface area (Å²) in [7, 11) is -0.0611. The van der Waals surface area contributed by atoms with Crippen molar-refractivity contribution in [1.82, 2.24) is 0 Å². The van der Waals surface area contributed by atoms with Crippen molar-refractivity contribution in [3.8, 4) is 0 Å². The Kier molecular flexibility index (Phi) is 4.07. The zero-order chi connectivity index (χ0) is 14.1. The van der Waals surface area contributed by atoms with Crippen LogP contribution in [0.1, 0.15) is 45.2 Å². The second-order valence-electron chi connectivity index (χ2n) is 6.50. The molecule has 1 aliphatic heterocycles.